The van der Waals surface area contributed by atoms with Crippen molar-refractivity contribution in [3.8, 4) is 6.07 Å². The molecule has 2 unspecified atom stereocenters. The number of nitriles is 1. The first-order valence-corrected chi connectivity index (χ1v) is 5.58. The molecule has 6 nitrogen and oxygen atoms in total. The van der Waals surface area contributed by atoms with Crippen LogP contribution in [0.4, 0.5) is 0 Å². The predicted molar refractivity (Wildman–Crippen MR) is 58.0 cm³/mol. The number of carboxylic acid groups (broad SMARTS) is 1. The Morgan fingerprint density at radius 3 is 2.82 bits per heavy atom. The molecule has 1 aliphatic heterocycles. The number of carbonyl (C=O) groups is 2. The van der Waals surface area contributed by atoms with Gasteiger partial charge < -0.3 is 15.2 Å². The second kappa shape index (κ2) is 5.64. The number of aliphatic carboxylic acids is 1. The van der Waals surface area contributed by atoms with Crippen molar-refractivity contribution in [3.63, 3.8) is 0 Å². The van der Waals surface area contributed by atoms with Crippen LogP contribution in [0.15, 0.2) is 0 Å². The highest BCUT2D eigenvalue weighted by molar-refractivity contribution is 5.88. The van der Waals surface area contributed by atoms with Gasteiger partial charge in [-0.3, -0.25) is 9.59 Å². The third-order valence-electron chi connectivity index (χ3n) is 2.85. The molecule has 0 aliphatic carbocycles. The van der Waals surface area contributed by atoms with Gasteiger partial charge in [0, 0.05) is 19.6 Å². The molecule has 1 fully saturated rings. The molecule has 17 heavy (non-hydrogen) atoms. The molecular formula is C11H16N2O4. The van der Waals surface area contributed by atoms with E-state index in [9.17, 15) is 9.59 Å². The Labute approximate surface area is 99.6 Å². The fourth-order valence-corrected chi connectivity index (χ4v) is 1.63. The third kappa shape index (κ3) is 3.17. The van der Waals surface area contributed by atoms with E-state index in [-0.39, 0.29) is 6.54 Å². The fraction of sp³-hybridized carbons (Fsp3) is 0.727. The molecule has 0 aromatic carbocycles. The van der Waals surface area contributed by atoms with Gasteiger partial charge in [0.2, 0.25) is 5.60 Å². The van der Waals surface area contributed by atoms with Crippen LogP contribution < -0.4 is 5.32 Å². The molecule has 1 heterocycles. The summed E-state index contributed by atoms with van der Waals surface area (Å²) in [6.07, 6.45) is 1.42. The van der Waals surface area contributed by atoms with E-state index in [1.807, 2.05) is 6.07 Å². The Bertz CT molecular complexity index is 342. The SMILES string of the molecule is CC(CCNC(=O)C1(C#N)CCCO1)C(=O)O. The van der Waals surface area contributed by atoms with Crippen LogP contribution in [0.25, 0.3) is 0 Å². The maximum Gasteiger partial charge on any atom is 0.306 e. The van der Waals surface area contributed by atoms with Gasteiger partial charge in [0.05, 0.1) is 5.92 Å². The van der Waals surface area contributed by atoms with Gasteiger partial charge in [0.1, 0.15) is 6.07 Å². The van der Waals surface area contributed by atoms with Crippen LogP contribution in [0, 0.1) is 17.2 Å². The normalized spacial score (nSPS) is 24.9. The second-order valence-corrected chi connectivity index (χ2v) is 4.17. The lowest BCUT2D eigenvalue weighted by atomic mass is 10.0. The molecule has 6 heteroatoms. The summed E-state index contributed by atoms with van der Waals surface area (Å²) in [5, 5.41) is 20.2. The summed E-state index contributed by atoms with van der Waals surface area (Å²) >= 11 is 0. The number of carbonyl (C=O) groups excluding carboxylic acids is 1. The van der Waals surface area contributed by atoms with Crippen LogP contribution >= 0.6 is 0 Å². The summed E-state index contributed by atoms with van der Waals surface area (Å²) in [4.78, 5) is 22.3. The number of amides is 1. The average molecular weight is 240 g/mol. The summed E-state index contributed by atoms with van der Waals surface area (Å²) in [6, 6.07) is 1.89. The first kappa shape index (κ1) is 13.5. The van der Waals surface area contributed by atoms with Crippen molar-refractivity contribution >= 4 is 11.9 Å². The van der Waals surface area contributed by atoms with Gasteiger partial charge in [0.25, 0.3) is 5.91 Å². The van der Waals surface area contributed by atoms with Crippen LogP contribution in [0.3, 0.4) is 0 Å². The van der Waals surface area contributed by atoms with Gasteiger partial charge in [-0.2, -0.15) is 5.26 Å². The van der Waals surface area contributed by atoms with Gasteiger partial charge in [-0.1, -0.05) is 6.92 Å². The fourth-order valence-electron chi connectivity index (χ4n) is 1.63. The lowest BCUT2D eigenvalue weighted by Gasteiger charge is -2.19. The van der Waals surface area contributed by atoms with Crippen LogP contribution in [0.1, 0.15) is 26.2 Å². The zero-order chi connectivity index (χ0) is 12.9. The van der Waals surface area contributed by atoms with Gasteiger partial charge >= 0.3 is 5.97 Å². The Kier molecular flexibility index (Phi) is 4.46. The molecule has 0 spiro atoms. The number of hydrogen-bond donors (Lipinski definition) is 2. The molecule has 2 N–H and O–H groups in total. The minimum atomic E-state index is -1.37. The molecule has 0 aromatic heterocycles. The lowest BCUT2D eigenvalue weighted by molar-refractivity contribution is -0.142. The van der Waals surface area contributed by atoms with Crippen LogP contribution in [-0.2, 0) is 14.3 Å². The summed E-state index contributed by atoms with van der Waals surface area (Å²) in [6.45, 7) is 2.21. The van der Waals surface area contributed by atoms with Crippen molar-refractivity contribution in [1.82, 2.24) is 5.32 Å². The zero-order valence-corrected chi connectivity index (χ0v) is 9.73. The monoisotopic (exact) mass is 240 g/mol. The number of rotatable bonds is 5. The van der Waals surface area contributed by atoms with Crippen molar-refractivity contribution in [2.75, 3.05) is 13.2 Å². The molecule has 0 saturated carbocycles. The topological polar surface area (TPSA) is 99.4 Å². The zero-order valence-electron chi connectivity index (χ0n) is 9.73. The van der Waals surface area contributed by atoms with Crippen LogP contribution in [-0.4, -0.2) is 35.7 Å². The molecule has 1 rings (SSSR count). The third-order valence-corrected chi connectivity index (χ3v) is 2.85. The molecule has 0 radical (unpaired) electrons. The maximum atomic E-state index is 11.7. The van der Waals surface area contributed by atoms with E-state index in [1.54, 1.807) is 6.92 Å². The van der Waals surface area contributed by atoms with Crippen molar-refractivity contribution in [2.24, 2.45) is 5.92 Å². The smallest absolute Gasteiger partial charge is 0.306 e. The van der Waals surface area contributed by atoms with E-state index in [4.69, 9.17) is 15.1 Å². The number of ether oxygens (including phenoxy) is 1. The van der Waals surface area contributed by atoms with E-state index in [0.717, 1.165) is 0 Å². The largest absolute Gasteiger partial charge is 0.481 e. The van der Waals surface area contributed by atoms with Gasteiger partial charge in [0.15, 0.2) is 0 Å². The Morgan fingerprint density at radius 1 is 1.65 bits per heavy atom. The molecule has 1 saturated heterocycles. The molecule has 1 amide bonds. The Morgan fingerprint density at radius 2 is 2.35 bits per heavy atom. The average Bonchev–Trinajstić information content (AvgIpc) is 2.78. The van der Waals surface area contributed by atoms with E-state index in [2.05, 4.69) is 5.32 Å². The quantitative estimate of drug-likeness (QED) is 0.719. The first-order chi connectivity index (χ1) is 8.02. The summed E-state index contributed by atoms with van der Waals surface area (Å²) in [5.74, 6) is -1.88. The van der Waals surface area contributed by atoms with Gasteiger partial charge in [-0.25, -0.2) is 0 Å². The van der Waals surface area contributed by atoms with Crippen LogP contribution in [0.5, 0.6) is 0 Å². The molecule has 0 aromatic rings. The van der Waals surface area contributed by atoms with Gasteiger partial charge in [-0.15, -0.1) is 0 Å². The Balaban J connectivity index is 2.39. The molecule has 2 atom stereocenters. The highest BCUT2D eigenvalue weighted by Gasteiger charge is 2.43. The molecular weight excluding hydrogens is 224 g/mol. The van der Waals surface area contributed by atoms with E-state index in [0.29, 0.717) is 25.9 Å². The van der Waals surface area contributed by atoms with Crippen molar-refractivity contribution in [3.05, 3.63) is 0 Å². The number of carboxylic acids is 1. The standard InChI is InChI=1S/C11H16N2O4/c1-8(9(14)15)3-5-13-10(16)11(7-12)4-2-6-17-11/h8H,2-6H2,1H3,(H,13,16)(H,14,15). The maximum absolute atomic E-state index is 11.7. The number of hydrogen-bond acceptors (Lipinski definition) is 4. The summed E-state index contributed by atoms with van der Waals surface area (Å²) in [5.41, 5.74) is -1.37. The summed E-state index contributed by atoms with van der Waals surface area (Å²) < 4.78 is 5.17. The minimum Gasteiger partial charge on any atom is -0.481 e. The highest BCUT2D eigenvalue weighted by atomic mass is 16.5. The first-order valence-electron chi connectivity index (χ1n) is 5.58. The minimum absolute atomic E-state index is 0.235. The lowest BCUT2D eigenvalue weighted by Crippen LogP contribution is -2.45. The van der Waals surface area contributed by atoms with E-state index in [1.165, 1.54) is 0 Å². The van der Waals surface area contributed by atoms with E-state index < -0.39 is 23.4 Å². The van der Waals surface area contributed by atoms with Crippen LogP contribution in [0.2, 0.25) is 0 Å². The van der Waals surface area contributed by atoms with Crippen molar-refractivity contribution < 1.29 is 19.4 Å². The predicted octanol–water partition coefficient (Wildman–Crippen LogP) is 0.286. The number of nitrogens with zero attached hydrogens (tertiary/aromatic N) is 1. The van der Waals surface area contributed by atoms with Crippen molar-refractivity contribution in [2.45, 2.75) is 31.8 Å². The number of nitrogens with one attached hydrogen (secondary N) is 1. The molecule has 1 aliphatic rings. The molecule has 0 bridgehead atoms. The van der Waals surface area contributed by atoms with Gasteiger partial charge in [-0.05, 0) is 12.8 Å². The molecule has 94 valence electrons. The summed E-state index contributed by atoms with van der Waals surface area (Å²) in [7, 11) is 0. The Hall–Kier alpha value is -1.61. The van der Waals surface area contributed by atoms with E-state index >= 15 is 0 Å². The highest BCUT2D eigenvalue weighted by Crippen LogP contribution is 2.24. The van der Waals surface area contributed by atoms with Crippen molar-refractivity contribution in [1.29, 1.82) is 5.26 Å². The second-order valence-electron chi connectivity index (χ2n) is 4.17.